The minimum absolute atomic E-state index is 0.0526. The van der Waals surface area contributed by atoms with Crippen LogP contribution in [-0.2, 0) is 13.8 Å². The molecular formula is C13H15BrClNO4S. The fraction of sp³-hybridized carbons (Fsp3) is 0.462. The van der Waals surface area contributed by atoms with Crippen LogP contribution in [0, 0.1) is 5.92 Å². The summed E-state index contributed by atoms with van der Waals surface area (Å²) in [5, 5.41) is 2.87. The molecule has 1 aliphatic rings. The lowest BCUT2D eigenvalue weighted by atomic mass is 10.0. The van der Waals surface area contributed by atoms with Crippen LogP contribution in [0.4, 0.5) is 0 Å². The molecule has 1 aromatic carbocycles. The molecule has 1 saturated heterocycles. The molecule has 116 valence electrons. The maximum Gasteiger partial charge on any atom is 0.261 e. The highest BCUT2D eigenvalue weighted by Crippen LogP contribution is 2.24. The van der Waals surface area contributed by atoms with Gasteiger partial charge in [0.25, 0.3) is 15.0 Å². The fourth-order valence-electron chi connectivity index (χ4n) is 2.18. The molecule has 2 rings (SSSR count). The summed E-state index contributed by atoms with van der Waals surface area (Å²) < 4.78 is 28.5. The Kier molecular flexibility index (Phi) is 5.29. The number of rotatable bonds is 4. The van der Waals surface area contributed by atoms with E-state index in [-0.39, 0.29) is 28.3 Å². The van der Waals surface area contributed by atoms with Gasteiger partial charge in [0.05, 0.1) is 17.1 Å². The molecule has 0 aromatic heterocycles. The minimum Gasteiger partial charge on any atom is -0.381 e. The van der Waals surface area contributed by atoms with Gasteiger partial charge in [0.2, 0.25) is 0 Å². The van der Waals surface area contributed by atoms with E-state index < -0.39 is 9.05 Å². The normalized spacial score (nSPS) is 20.2. The van der Waals surface area contributed by atoms with Gasteiger partial charge in [0.1, 0.15) is 0 Å². The Morgan fingerprint density at radius 3 is 2.81 bits per heavy atom. The quantitative estimate of drug-likeness (QED) is 0.794. The van der Waals surface area contributed by atoms with Crippen LogP contribution in [0.25, 0.3) is 0 Å². The van der Waals surface area contributed by atoms with Gasteiger partial charge < -0.3 is 10.1 Å². The molecule has 1 aromatic rings. The maximum atomic E-state index is 12.3. The van der Waals surface area contributed by atoms with Crippen LogP contribution in [0.1, 0.15) is 23.7 Å². The summed E-state index contributed by atoms with van der Waals surface area (Å²) >= 11 is 3.25. The first kappa shape index (κ1) is 16.7. The van der Waals surface area contributed by atoms with Crippen molar-refractivity contribution in [3.8, 4) is 0 Å². The summed E-state index contributed by atoms with van der Waals surface area (Å²) in [5.41, 5.74) is 0.238. The Labute approximate surface area is 136 Å². The van der Waals surface area contributed by atoms with Gasteiger partial charge in [-0.25, -0.2) is 8.42 Å². The highest BCUT2D eigenvalue weighted by Gasteiger charge is 2.25. The predicted molar refractivity (Wildman–Crippen MR) is 83.0 cm³/mol. The molecule has 0 saturated carbocycles. The van der Waals surface area contributed by atoms with Crippen molar-refractivity contribution >= 4 is 41.6 Å². The highest BCUT2D eigenvalue weighted by molar-refractivity contribution is 9.10. The van der Waals surface area contributed by atoms with Gasteiger partial charge in [-0.3, -0.25) is 4.79 Å². The molecule has 1 amide bonds. The molecule has 1 fully saturated rings. The zero-order valence-corrected chi connectivity index (χ0v) is 14.5. The number of hydrogen-bond acceptors (Lipinski definition) is 4. The molecule has 0 radical (unpaired) electrons. The van der Waals surface area contributed by atoms with Gasteiger partial charge in [-0.1, -0.05) is 0 Å². The van der Waals surface area contributed by atoms with Crippen molar-refractivity contribution in [2.45, 2.75) is 24.3 Å². The minimum atomic E-state index is -3.87. The number of amides is 1. The Balaban J connectivity index is 2.18. The largest absolute Gasteiger partial charge is 0.381 e. The summed E-state index contributed by atoms with van der Waals surface area (Å²) in [6.45, 7) is 3.24. The monoisotopic (exact) mass is 395 g/mol. The van der Waals surface area contributed by atoms with E-state index in [1.807, 2.05) is 6.92 Å². The number of hydrogen-bond donors (Lipinski definition) is 1. The van der Waals surface area contributed by atoms with Gasteiger partial charge in [0.15, 0.2) is 0 Å². The fourth-order valence-corrected chi connectivity index (χ4v) is 3.38. The second-order valence-electron chi connectivity index (χ2n) is 4.97. The lowest BCUT2D eigenvalue weighted by Crippen LogP contribution is -2.38. The Morgan fingerprint density at radius 2 is 2.24 bits per heavy atom. The first-order valence-electron chi connectivity index (χ1n) is 6.42. The topological polar surface area (TPSA) is 72.5 Å². The third-order valence-corrected chi connectivity index (χ3v) is 5.54. The number of halogens is 2. The molecule has 1 heterocycles. The van der Waals surface area contributed by atoms with Crippen LogP contribution >= 0.6 is 26.6 Å². The van der Waals surface area contributed by atoms with E-state index in [1.165, 1.54) is 18.2 Å². The smallest absolute Gasteiger partial charge is 0.261 e. The SMILES string of the molecule is CC(NC(=O)c1cc(S(=O)(=O)Cl)ccc1Br)C1CCOC1. The molecule has 21 heavy (non-hydrogen) atoms. The lowest BCUT2D eigenvalue weighted by Gasteiger charge is -2.19. The molecule has 1 aliphatic heterocycles. The first-order chi connectivity index (χ1) is 9.79. The molecule has 0 aliphatic carbocycles. The zero-order chi connectivity index (χ0) is 15.6. The van der Waals surface area contributed by atoms with Crippen LogP contribution in [0.5, 0.6) is 0 Å². The molecule has 2 atom stereocenters. The summed E-state index contributed by atoms with van der Waals surface area (Å²) in [6, 6.07) is 4.05. The summed E-state index contributed by atoms with van der Waals surface area (Å²) in [4.78, 5) is 12.2. The number of nitrogens with one attached hydrogen (secondary N) is 1. The third kappa shape index (κ3) is 4.18. The molecule has 0 bridgehead atoms. The van der Waals surface area contributed by atoms with Crippen molar-refractivity contribution in [1.82, 2.24) is 5.32 Å². The first-order valence-corrected chi connectivity index (χ1v) is 9.52. The average molecular weight is 397 g/mol. The second kappa shape index (κ2) is 6.64. The standard InChI is InChI=1S/C13H15BrClNO4S/c1-8(9-4-5-20-7-9)16-13(17)11-6-10(21(15,18)19)2-3-12(11)14/h2-3,6,8-9H,4-5,7H2,1H3,(H,16,17). The van der Waals surface area contributed by atoms with Crippen LogP contribution < -0.4 is 5.32 Å². The number of carbonyl (C=O) groups is 1. The van der Waals surface area contributed by atoms with Gasteiger partial charge in [-0.15, -0.1) is 0 Å². The van der Waals surface area contributed by atoms with E-state index in [9.17, 15) is 13.2 Å². The molecular weight excluding hydrogens is 382 g/mol. The van der Waals surface area contributed by atoms with E-state index >= 15 is 0 Å². The van der Waals surface area contributed by atoms with Crippen molar-refractivity contribution in [2.75, 3.05) is 13.2 Å². The van der Waals surface area contributed by atoms with E-state index in [2.05, 4.69) is 21.2 Å². The van der Waals surface area contributed by atoms with E-state index in [4.69, 9.17) is 15.4 Å². The summed E-state index contributed by atoms with van der Waals surface area (Å²) in [5.74, 6) is -0.0730. The molecule has 2 unspecified atom stereocenters. The zero-order valence-electron chi connectivity index (χ0n) is 11.3. The van der Waals surface area contributed by atoms with Crippen molar-refractivity contribution in [3.05, 3.63) is 28.2 Å². The summed E-state index contributed by atoms with van der Waals surface area (Å²) in [7, 11) is 1.44. The number of benzene rings is 1. The number of carbonyl (C=O) groups excluding carboxylic acids is 1. The molecule has 8 heteroatoms. The Morgan fingerprint density at radius 1 is 1.52 bits per heavy atom. The Bertz CT molecular complexity index is 644. The van der Waals surface area contributed by atoms with E-state index in [0.717, 1.165) is 6.42 Å². The lowest BCUT2D eigenvalue weighted by molar-refractivity contribution is 0.0921. The molecule has 5 nitrogen and oxygen atoms in total. The molecule has 0 spiro atoms. The van der Waals surface area contributed by atoms with Gasteiger partial charge in [-0.2, -0.15) is 0 Å². The van der Waals surface area contributed by atoms with Gasteiger partial charge in [0, 0.05) is 33.7 Å². The number of ether oxygens (including phenoxy) is 1. The molecule has 1 N–H and O–H groups in total. The van der Waals surface area contributed by atoms with Crippen molar-refractivity contribution in [1.29, 1.82) is 0 Å². The highest BCUT2D eigenvalue weighted by atomic mass is 79.9. The van der Waals surface area contributed by atoms with Crippen LogP contribution in [0.15, 0.2) is 27.6 Å². The van der Waals surface area contributed by atoms with Gasteiger partial charge in [-0.05, 0) is 47.5 Å². The van der Waals surface area contributed by atoms with Crippen molar-refractivity contribution < 1.29 is 17.9 Å². The van der Waals surface area contributed by atoms with Crippen molar-refractivity contribution in [2.24, 2.45) is 5.92 Å². The average Bonchev–Trinajstić information content (AvgIpc) is 2.91. The Hall–Kier alpha value is -0.630. The van der Waals surface area contributed by atoms with Crippen LogP contribution in [0.2, 0.25) is 0 Å². The van der Waals surface area contributed by atoms with E-state index in [0.29, 0.717) is 17.7 Å². The van der Waals surface area contributed by atoms with Crippen molar-refractivity contribution in [3.63, 3.8) is 0 Å². The predicted octanol–water partition coefficient (Wildman–Crippen LogP) is 2.53. The van der Waals surface area contributed by atoms with Crippen LogP contribution in [-0.4, -0.2) is 33.6 Å². The van der Waals surface area contributed by atoms with Crippen LogP contribution in [0.3, 0.4) is 0 Å². The second-order valence-corrected chi connectivity index (χ2v) is 8.39. The van der Waals surface area contributed by atoms with Gasteiger partial charge >= 0.3 is 0 Å². The third-order valence-electron chi connectivity index (χ3n) is 3.49. The summed E-state index contributed by atoms with van der Waals surface area (Å²) in [6.07, 6.45) is 0.902. The maximum absolute atomic E-state index is 12.3. The van der Waals surface area contributed by atoms with E-state index in [1.54, 1.807) is 0 Å².